The zero-order valence-corrected chi connectivity index (χ0v) is 6.34. The highest BCUT2D eigenvalue weighted by Crippen LogP contribution is 2.34. The maximum absolute atomic E-state index is 9.42. The third kappa shape index (κ3) is 1.05. The number of ether oxygens (including phenoxy) is 1. The number of hydrogen-bond acceptors (Lipinski definition) is 3. The summed E-state index contributed by atoms with van der Waals surface area (Å²) in [5, 5.41) is 9.42. The second-order valence-electron chi connectivity index (χ2n) is 2.96. The highest BCUT2D eigenvalue weighted by Gasteiger charge is 2.42. The Kier molecular flexibility index (Phi) is 2.28. The van der Waals surface area contributed by atoms with Crippen LogP contribution in [0.5, 0.6) is 0 Å². The molecule has 0 amide bonds. The van der Waals surface area contributed by atoms with Gasteiger partial charge in [-0.1, -0.05) is 6.92 Å². The van der Waals surface area contributed by atoms with Crippen molar-refractivity contribution in [1.82, 2.24) is 0 Å². The molecule has 1 aliphatic heterocycles. The molecule has 0 aromatic rings. The fraction of sp³-hybridized carbons (Fsp3) is 1.00. The Morgan fingerprint density at radius 1 is 1.70 bits per heavy atom. The minimum Gasteiger partial charge on any atom is -0.391 e. The molecule has 1 unspecified atom stereocenters. The van der Waals surface area contributed by atoms with Crippen LogP contribution in [0.2, 0.25) is 0 Å². The van der Waals surface area contributed by atoms with E-state index >= 15 is 0 Å². The van der Waals surface area contributed by atoms with Crippen LogP contribution in [0.4, 0.5) is 0 Å². The van der Waals surface area contributed by atoms with Crippen molar-refractivity contribution >= 4 is 0 Å². The molecule has 3 N–H and O–H groups in total. The van der Waals surface area contributed by atoms with Gasteiger partial charge in [0.15, 0.2) is 0 Å². The molecule has 60 valence electrons. The van der Waals surface area contributed by atoms with Crippen LogP contribution < -0.4 is 5.73 Å². The summed E-state index contributed by atoms with van der Waals surface area (Å²) in [5.41, 5.74) is 5.32. The molecule has 3 nitrogen and oxygen atoms in total. The maximum atomic E-state index is 9.42. The molecular weight excluding hydrogens is 130 g/mol. The second kappa shape index (κ2) is 2.86. The van der Waals surface area contributed by atoms with E-state index < -0.39 is 0 Å². The predicted molar refractivity (Wildman–Crippen MR) is 38.6 cm³/mol. The Morgan fingerprint density at radius 3 is 2.40 bits per heavy atom. The van der Waals surface area contributed by atoms with Crippen LogP contribution in [0, 0.1) is 5.41 Å². The number of rotatable bonds is 3. The number of aliphatic hydroxyl groups excluding tert-OH is 1. The molecule has 0 aliphatic carbocycles. The van der Waals surface area contributed by atoms with Gasteiger partial charge in [-0.25, -0.2) is 0 Å². The highest BCUT2D eigenvalue weighted by molar-refractivity contribution is 4.91. The summed E-state index contributed by atoms with van der Waals surface area (Å²) in [7, 11) is 0. The van der Waals surface area contributed by atoms with E-state index in [0.717, 1.165) is 6.42 Å². The lowest BCUT2D eigenvalue weighted by Gasteiger charge is -2.44. The van der Waals surface area contributed by atoms with E-state index in [1.54, 1.807) is 0 Å². The van der Waals surface area contributed by atoms with Gasteiger partial charge in [0.2, 0.25) is 0 Å². The molecule has 1 aliphatic rings. The van der Waals surface area contributed by atoms with Gasteiger partial charge in [-0.15, -0.1) is 0 Å². The average Bonchev–Trinajstić information content (AvgIpc) is 1.86. The first-order valence-electron chi connectivity index (χ1n) is 3.71. The molecule has 0 radical (unpaired) electrons. The Hall–Kier alpha value is -0.120. The van der Waals surface area contributed by atoms with Crippen molar-refractivity contribution in [2.75, 3.05) is 19.8 Å². The van der Waals surface area contributed by atoms with Gasteiger partial charge in [-0.2, -0.15) is 0 Å². The lowest BCUT2D eigenvalue weighted by atomic mass is 9.78. The van der Waals surface area contributed by atoms with Crippen LogP contribution in [-0.2, 0) is 4.74 Å². The molecule has 1 rings (SSSR count). The number of nitrogens with two attached hydrogens (primary N) is 1. The summed E-state index contributed by atoms with van der Waals surface area (Å²) in [6, 6.07) is 0. The highest BCUT2D eigenvalue weighted by atomic mass is 16.5. The van der Waals surface area contributed by atoms with Crippen molar-refractivity contribution in [2.45, 2.75) is 19.4 Å². The molecular formula is C7H15NO2. The smallest absolute Gasteiger partial charge is 0.0762 e. The number of hydrogen-bond donors (Lipinski definition) is 2. The van der Waals surface area contributed by atoms with Crippen LogP contribution >= 0.6 is 0 Å². The number of aliphatic hydroxyl groups is 1. The monoisotopic (exact) mass is 145 g/mol. The Morgan fingerprint density at radius 2 is 2.30 bits per heavy atom. The van der Waals surface area contributed by atoms with Crippen LogP contribution in [-0.4, -0.2) is 31.0 Å². The van der Waals surface area contributed by atoms with Crippen molar-refractivity contribution in [3.05, 3.63) is 0 Å². The Labute approximate surface area is 61.2 Å². The van der Waals surface area contributed by atoms with E-state index in [1.807, 2.05) is 0 Å². The van der Waals surface area contributed by atoms with Gasteiger partial charge in [0.1, 0.15) is 0 Å². The zero-order chi connectivity index (χ0) is 7.61. The van der Waals surface area contributed by atoms with Gasteiger partial charge in [0, 0.05) is 12.0 Å². The third-order valence-corrected chi connectivity index (χ3v) is 2.41. The standard InChI is InChI=1S/C7H15NO2/c1-2-7(4-10-5-7)6(9)3-8/h6,9H,2-5,8H2,1H3. The van der Waals surface area contributed by atoms with Crippen LogP contribution in [0.25, 0.3) is 0 Å². The van der Waals surface area contributed by atoms with Crippen molar-refractivity contribution < 1.29 is 9.84 Å². The van der Waals surface area contributed by atoms with Gasteiger partial charge in [0.25, 0.3) is 0 Å². The van der Waals surface area contributed by atoms with Crippen molar-refractivity contribution in [3.8, 4) is 0 Å². The molecule has 10 heavy (non-hydrogen) atoms. The molecule has 3 heteroatoms. The molecule has 0 aromatic heterocycles. The Balaban J connectivity index is 2.46. The largest absolute Gasteiger partial charge is 0.391 e. The predicted octanol–water partition coefficient (Wildman–Crippen LogP) is -0.267. The summed E-state index contributed by atoms with van der Waals surface area (Å²) in [6.45, 7) is 3.74. The first-order valence-corrected chi connectivity index (χ1v) is 3.71. The van der Waals surface area contributed by atoms with Crippen LogP contribution in [0.3, 0.4) is 0 Å². The van der Waals surface area contributed by atoms with Crippen molar-refractivity contribution in [1.29, 1.82) is 0 Å². The molecule has 0 saturated carbocycles. The lowest BCUT2D eigenvalue weighted by molar-refractivity contribution is -0.170. The minimum absolute atomic E-state index is 0.0191. The van der Waals surface area contributed by atoms with E-state index in [9.17, 15) is 5.11 Å². The topological polar surface area (TPSA) is 55.5 Å². The van der Waals surface area contributed by atoms with Gasteiger partial charge >= 0.3 is 0 Å². The SMILES string of the molecule is CCC1(C(O)CN)COC1. The summed E-state index contributed by atoms with van der Waals surface area (Å²) in [6.07, 6.45) is 0.567. The lowest BCUT2D eigenvalue weighted by Crippen LogP contribution is -2.53. The average molecular weight is 145 g/mol. The maximum Gasteiger partial charge on any atom is 0.0762 e. The van der Waals surface area contributed by atoms with Gasteiger partial charge in [-0.3, -0.25) is 0 Å². The minimum atomic E-state index is -0.383. The van der Waals surface area contributed by atoms with E-state index in [-0.39, 0.29) is 11.5 Å². The van der Waals surface area contributed by atoms with E-state index in [4.69, 9.17) is 10.5 Å². The molecule has 0 aromatic carbocycles. The molecule has 0 bridgehead atoms. The Bertz CT molecular complexity index is 107. The van der Waals surface area contributed by atoms with Crippen LogP contribution in [0.1, 0.15) is 13.3 Å². The molecule has 1 atom stereocenters. The fourth-order valence-electron chi connectivity index (χ4n) is 1.25. The van der Waals surface area contributed by atoms with Gasteiger partial charge in [0.05, 0.1) is 19.3 Å². The normalized spacial score (nSPS) is 25.5. The zero-order valence-electron chi connectivity index (χ0n) is 6.34. The second-order valence-corrected chi connectivity index (χ2v) is 2.96. The first kappa shape index (κ1) is 7.98. The summed E-state index contributed by atoms with van der Waals surface area (Å²) < 4.78 is 5.04. The van der Waals surface area contributed by atoms with Crippen molar-refractivity contribution in [3.63, 3.8) is 0 Å². The van der Waals surface area contributed by atoms with E-state index in [1.165, 1.54) is 0 Å². The summed E-state index contributed by atoms with van der Waals surface area (Å²) in [5.74, 6) is 0. The molecule has 0 spiro atoms. The van der Waals surface area contributed by atoms with E-state index in [0.29, 0.717) is 19.8 Å². The fourth-order valence-corrected chi connectivity index (χ4v) is 1.25. The molecule has 1 fully saturated rings. The third-order valence-electron chi connectivity index (χ3n) is 2.41. The summed E-state index contributed by atoms with van der Waals surface area (Å²) >= 11 is 0. The van der Waals surface area contributed by atoms with Gasteiger partial charge < -0.3 is 15.6 Å². The van der Waals surface area contributed by atoms with E-state index in [2.05, 4.69) is 6.92 Å². The molecule has 1 heterocycles. The first-order chi connectivity index (χ1) is 4.75. The van der Waals surface area contributed by atoms with Crippen molar-refractivity contribution in [2.24, 2.45) is 11.1 Å². The molecule has 1 saturated heterocycles. The van der Waals surface area contributed by atoms with Crippen LogP contribution in [0.15, 0.2) is 0 Å². The quantitative estimate of drug-likeness (QED) is 0.575. The van der Waals surface area contributed by atoms with Gasteiger partial charge in [-0.05, 0) is 6.42 Å². The summed E-state index contributed by atoms with van der Waals surface area (Å²) in [4.78, 5) is 0.